The van der Waals surface area contributed by atoms with E-state index in [4.69, 9.17) is 12.8 Å². The van der Waals surface area contributed by atoms with Gasteiger partial charge in [0.2, 0.25) is 0 Å². The lowest BCUT2D eigenvalue weighted by Gasteiger charge is -2.14. The molecule has 0 aliphatic carbocycles. The molecule has 0 saturated carbocycles. The Kier molecular flexibility index (Phi) is 40.5. The molecule has 2 unspecified atom stereocenters. The molecule has 0 N–H and O–H groups in total. The molecule has 0 aliphatic heterocycles. The zero-order valence-corrected chi connectivity index (χ0v) is 32.9. The lowest BCUT2D eigenvalue weighted by atomic mass is 9.92. The third kappa shape index (κ3) is 37.8. The van der Waals surface area contributed by atoms with Gasteiger partial charge in [0, 0.05) is 12.8 Å². The van der Waals surface area contributed by atoms with Crippen molar-refractivity contribution < 1.29 is 0 Å². The first kappa shape index (κ1) is 46.1. The molecule has 0 heteroatoms. The molecule has 0 fully saturated rings. The summed E-state index contributed by atoms with van der Waals surface area (Å²) in [6.07, 6.45) is 66.1. The summed E-state index contributed by atoms with van der Waals surface area (Å²) in [5.41, 5.74) is 0. The quantitative estimate of drug-likeness (QED) is 0.0456. The van der Waals surface area contributed by atoms with E-state index in [0.29, 0.717) is 0 Å². The molecule has 0 aromatic carbocycles. The molecule has 0 aromatic heterocycles. The first-order valence-corrected chi connectivity index (χ1v) is 22.1. The van der Waals surface area contributed by atoms with E-state index in [-0.39, 0.29) is 0 Å². The fourth-order valence-corrected chi connectivity index (χ4v) is 7.68. The Morgan fingerprint density at radius 1 is 0.277 bits per heavy atom. The SMILES string of the molecule is C#CCC(CCCCC)CCCCCCCCCCCCCCCCCCCCCCCCCCCC(CC#C)CCCCCCC. The molecule has 2 atom stereocenters. The fourth-order valence-electron chi connectivity index (χ4n) is 7.68. The molecule has 0 aromatic rings. The van der Waals surface area contributed by atoms with E-state index in [1.807, 2.05) is 0 Å². The zero-order valence-electron chi connectivity index (χ0n) is 32.9. The van der Waals surface area contributed by atoms with Crippen LogP contribution in [0.1, 0.15) is 264 Å². The maximum absolute atomic E-state index is 5.64. The predicted octanol–water partition coefficient (Wildman–Crippen LogP) is 16.7. The van der Waals surface area contributed by atoms with Crippen molar-refractivity contribution in [2.45, 2.75) is 264 Å². The highest BCUT2D eigenvalue weighted by molar-refractivity contribution is 4.87. The normalized spacial score (nSPS) is 12.6. The standard InChI is InChI=1S/C47H88/c1-5-9-11-33-37-43-47(41-8-4)45-39-35-32-30-28-26-24-22-20-18-16-14-12-13-15-17-19-21-23-25-27-29-31-34-38-44-46(40-7-3)42-36-10-6-2/h3-4,46-47H,5-6,9-45H2,1-2H3. The van der Waals surface area contributed by atoms with Gasteiger partial charge in [-0.3, -0.25) is 0 Å². The molecule has 0 bridgehead atoms. The number of hydrogen-bond donors (Lipinski definition) is 0. The molecule has 47 heavy (non-hydrogen) atoms. The van der Waals surface area contributed by atoms with E-state index in [0.717, 1.165) is 24.7 Å². The molecule has 0 heterocycles. The van der Waals surface area contributed by atoms with Crippen LogP contribution in [0.15, 0.2) is 0 Å². The summed E-state index contributed by atoms with van der Waals surface area (Å²) >= 11 is 0. The van der Waals surface area contributed by atoms with Gasteiger partial charge in [0.15, 0.2) is 0 Å². The van der Waals surface area contributed by atoms with Crippen LogP contribution in [-0.4, -0.2) is 0 Å². The van der Waals surface area contributed by atoms with Crippen molar-refractivity contribution >= 4 is 0 Å². The van der Waals surface area contributed by atoms with Gasteiger partial charge in [-0.2, -0.15) is 0 Å². The largest absolute Gasteiger partial charge is 0.120 e. The fraction of sp³-hybridized carbons (Fsp3) is 0.915. The summed E-state index contributed by atoms with van der Waals surface area (Å²) in [6.45, 7) is 4.59. The number of unbranched alkanes of at least 4 members (excludes halogenated alkanes) is 30. The average molecular weight is 653 g/mol. The van der Waals surface area contributed by atoms with E-state index in [9.17, 15) is 0 Å². The Hall–Kier alpha value is -0.880. The number of rotatable bonds is 40. The third-order valence-electron chi connectivity index (χ3n) is 11.0. The minimum absolute atomic E-state index is 0.792. The maximum atomic E-state index is 5.64. The van der Waals surface area contributed by atoms with Gasteiger partial charge in [-0.05, 0) is 37.5 Å². The second kappa shape index (κ2) is 41.3. The summed E-state index contributed by atoms with van der Waals surface area (Å²) in [5.74, 6) is 7.45. The van der Waals surface area contributed by atoms with E-state index < -0.39 is 0 Å². The van der Waals surface area contributed by atoms with Crippen LogP contribution >= 0.6 is 0 Å². The van der Waals surface area contributed by atoms with Crippen LogP contribution in [0.2, 0.25) is 0 Å². The van der Waals surface area contributed by atoms with Crippen molar-refractivity contribution in [1.82, 2.24) is 0 Å². The van der Waals surface area contributed by atoms with Crippen molar-refractivity contribution in [2.75, 3.05) is 0 Å². The van der Waals surface area contributed by atoms with Crippen LogP contribution in [0.25, 0.3) is 0 Å². The monoisotopic (exact) mass is 653 g/mol. The number of terminal acetylenes is 2. The summed E-state index contributed by atoms with van der Waals surface area (Å²) < 4.78 is 0. The molecule has 0 saturated heterocycles. The smallest absolute Gasteiger partial charge is 0.0114 e. The van der Waals surface area contributed by atoms with Gasteiger partial charge in [-0.1, -0.05) is 226 Å². The Morgan fingerprint density at radius 2 is 0.447 bits per heavy atom. The van der Waals surface area contributed by atoms with Gasteiger partial charge in [0.05, 0.1) is 0 Å². The number of hydrogen-bond acceptors (Lipinski definition) is 0. The first-order valence-electron chi connectivity index (χ1n) is 22.1. The summed E-state index contributed by atoms with van der Waals surface area (Å²) in [5, 5.41) is 0. The van der Waals surface area contributed by atoms with E-state index in [2.05, 4.69) is 25.7 Å². The van der Waals surface area contributed by atoms with Gasteiger partial charge in [-0.25, -0.2) is 0 Å². The molecule has 0 radical (unpaired) electrons. The Labute approximate surface area is 300 Å². The lowest BCUT2D eigenvalue weighted by Crippen LogP contribution is -2.00. The molecular formula is C47H88. The van der Waals surface area contributed by atoms with E-state index >= 15 is 0 Å². The van der Waals surface area contributed by atoms with Gasteiger partial charge >= 0.3 is 0 Å². The highest BCUT2D eigenvalue weighted by Gasteiger charge is 2.08. The first-order chi connectivity index (χ1) is 23.3. The highest BCUT2D eigenvalue weighted by Crippen LogP contribution is 2.23. The summed E-state index contributed by atoms with van der Waals surface area (Å²) in [7, 11) is 0. The van der Waals surface area contributed by atoms with Gasteiger partial charge < -0.3 is 0 Å². The minimum atomic E-state index is 0.792. The van der Waals surface area contributed by atoms with E-state index in [1.165, 1.54) is 238 Å². The van der Waals surface area contributed by atoms with Crippen molar-refractivity contribution in [3.63, 3.8) is 0 Å². The highest BCUT2D eigenvalue weighted by atomic mass is 14.1. The molecule has 0 spiro atoms. The topological polar surface area (TPSA) is 0 Å². The van der Waals surface area contributed by atoms with Crippen LogP contribution < -0.4 is 0 Å². The van der Waals surface area contributed by atoms with Crippen LogP contribution in [0.5, 0.6) is 0 Å². The average Bonchev–Trinajstić information content (AvgIpc) is 3.07. The Bertz CT molecular complexity index is 646. The van der Waals surface area contributed by atoms with Crippen LogP contribution in [0, 0.1) is 36.5 Å². The van der Waals surface area contributed by atoms with Gasteiger partial charge in [0.25, 0.3) is 0 Å². The minimum Gasteiger partial charge on any atom is -0.120 e. The summed E-state index contributed by atoms with van der Waals surface area (Å²) in [4.78, 5) is 0. The van der Waals surface area contributed by atoms with Crippen LogP contribution in [0.4, 0.5) is 0 Å². The molecule has 0 rings (SSSR count). The van der Waals surface area contributed by atoms with Crippen LogP contribution in [-0.2, 0) is 0 Å². The lowest BCUT2D eigenvalue weighted by molar-refractivity contribution is 0.410. The molecule has 0 nitrogen and oxygen atoms in total. The van der Waals surface area contributed by atoms with Crippen molar-refractivity contribution in [3.8, 4) is 24.7 Å². The van der Waals surface area contributed by atoms with Crippen molar-refractivity contribution in [1.29, 1.82) is 0 Å². The second-order valence-electron chi connectivity index (χ2n) is 15.7. The Morgan fingerprint density at radius 3 is 0.660 bits per heavy atom. The maximum Gasteiger partial charge on any atom is 0.0114 e. The van der Waals surface area contributed by atoms with Crippen molar-refractivity contribution in [3.05, 3.63) is 0 Å². The predicted molar refractivity (Wildman–Crippen MR) is 216 cm³/mol. The molecule has 276 valence electrons. The Balaban J connectivity index is 3.27. The summed E-state index contributed by atoms with van der Waals surface area (Å²) in [6, 6.07) is 0. The van der Waals surface area contributed by atoms with Crippen molar-refractivity contribution in [2.24, 2.45) is 11.8 Å². The molecular weight excluding hydrogens is 565 g/mol. The third-order valence-corrected chi connectivity index (χ3v) is 11.0. The van der Waals surface area contributed by atoms with Gasteiger partial charge in [0.1, 0.15) is 0 Å². The molecule has 0 amide bonds. The van der Waals surface area contributed by atoms with Crippen LogP contribution in [0.3, 0.4) is 0 Å². The van der Waals surface area contributed by atoms with E-state index in [1.54, 1.807) is 0 Å². The van der Waals surface area contributed by atoms with Gasteiger partial charge in [-0.15, -0.1) is 24.7 Å². The second-order valence-corrected chi connectivity index (χ2v) is 15.7. The molecule has 0 aliphatic rings. The zero-order chi connectivity index (χ0) is 34.1.